The summed E-state index contributed by atoms with van der Waals surface area (Å²) in [5.41, 5.74) is -0.0329. The van der Waals surface area contributed by atoms with Crippen LogP contribution < -0.4 is 5.32 Å². The molecule has 0 spiro atoms. The van der Waals surface area contributed by atoms with Gasteiger partial charge in [0, 0.05) is 18.2 Å². The molecule has 0 radical (unpaired) electrons. The van der Waals surface area contributed by atoms with E-state index in [2.05, 4.69) is 5.32 Å². The van der Waals surface area contributed by atoms with Crippen LogP contribution in [0.1, 0.15) is 58.3 Å². The van der Waals surface area contributed by atoms with Crippen molar-refractivity contribution in [2.75, 3.05) is 13.2 Å². The van der Waals surface area contributed by atoms with Crippen LogP contribution in [-0.2, 0) is 4.74 Å². The smallest absolute Gasteiger partial charge is 0.0615 e. The topological polar surface area (TPSA) is 41.5 Å². The quantitative estimate of drug-likeness (QED) is 0.725. The van der Waals surface area contributed by atoms with Crippen molar-refractivity contribution in [3.8, 4) is 0 Å². The molecule has 0 aliphatic heterocycles. The lowest BCUT2D eigenvalue weighted by molar-refractivity contribution is -0.0736. The summed E-state index contributed by atoms with van der Waals surface area (Å²) in [7, 11) is 0. The van der Waals surface area contributed by atoms with E-state index in [4.69, 9.17) is 4.74 Å². The zero-order chi connectivity index (χ0) is 12.1. The Balaban J connectivity index is 1.79. The number of nitrogens with one attached hydrogen (secondary N) is 1. The first kappa shape index (κ1) is 13.3. The van der Waals surface area contributed by atoms with E-state index < -0.39 is 0 Å². The molecule has 17 heavy (non-hydrogen) atoms. The Morgan fingerprint density at radius 2 is 1.82 bits per heavy atom. The second-order valence-electron chi connectivity index (χ2n) is 5.76. The average molecular weight is 241 g/mol. The molecule has 2 aliphatic carbocycles. The third kappa shape index (κ3) is 3.43. The van der Waals surface area contributed by atoms with E-state index in [0.29, 0.717) is 12.1 Å². The molecule has 2 N–H and O–H groups in total. The molecule has 2 saturated carbocycles. The number of hydrogen-bond donors (Lipinski definition) is 2. The summed E-state index contributed by atoms with van der Waals surface area (Å²) < 4.78 is 5.60. The number of ether oxygens (including phenoxy) is 1. The van der Waals surface area contributed by atoms with Crippen LogP contribution in [0, 0.1) is 0 Å². The van der Waals surface area contributed by atoms with Crippen LogP contribution in [0.2, 0.25) is 0 Å². The SMILES string of the molecule is CCOC1CC(CO)(NC2CCCCCC2)C1. The molecule has 3 heteroatoms. The zero-order valence-corrected chi connectivity index (χ0v) is 11.1. The first-order valence-corrected chi connectivity index (χ1v) is 7.28. The Bertz CT molecular complexity index is 218. The fourth-order valence-electron chi connectivity index (χ4n) is 3.31. The van der Waals surface area contributed by atoms with Gasteiger partial charge in [-0.1, -0.05) is 25.7 Å². The van der Waals surface area contributed by atoms with Gasteiger partial charge < -0.3 is 15.2 Å². The molecule has 2 fully saturated rings. The van der Waals surface area contributed by atoms with Crippen LogP contribution in [0.15, 0.2) is 0 Å². The number of rotatable bonds is 5. The third-order valence-electron chi connectivity index (χ3n) is 4.31. The van der Waals surface area contributed by atoms with Gasteiger partial charge in [-0.05, 0) is 32.6 Å². The van der Waals surface area contributed by atoms with Crippen LogP contribution in [0.5, 0.6) is 0 Å². The highest BCUT2D eigenvalue weighted by Crippen LogP contribution is 2.35. The second kappa shape index (κ2) is 6.17. The van der Waals surface area contributed by atoms with Crippen LogP contribution in [0.4, 0.5) is 0 Å². The molecule has 100 valence electrons. The van der Waals surface area contributed by atoms with E-state index in [1.54, 1.807) is 0 Å². The van der Waals surface area contributed by atoms with Crippen LogP contribution >= 0.6 is 0 Å². The van der Waals surface area contributed by atoms with Crippen molar-refractivity contribution in [1.82, 2.24) is 5.32 Å². The van der Waals surface area contributed by atoms with Gasteiger partial charge in [0.2, 0.25) is 0 Å². The Morgan fingerprint density at radius 1 is 1.18 bits per heavy atom. The van der Waals surface area contributed by atoms with Crippen molar-refractivity contribution in [3.63, 3.8) is 0 Å². The molecule has 0 aromatic heterocycles. The van der Waals surface area contributed by atoms with Crippen LogP contribution in [0.25, 0.3) is 0 Å². The van der Waals surface area contributed by atoms with Gasteiger partial charge >= 0.3 is 0 Å². The lowest BCUT2D eigenvalue weighted by atomic mass is 9.74. The highest BCUT2D eigenvalue weighted by atomic mass is 16.5. The van der Waals surface area contributed by atoms with Crippen molar-refractivity contribution < 1.29 is 9.84 Å². The van der Waals surface area contributed by atoms with Crippen LogP contribution in [-0.4, -0.2) is 36.0 Å². The molecular formula is C14H27NO2. The van der Waals surface area contributed by atoms with Gasteiger partial charge in [-0.15, -0.1) is 0 Å². The lowest BCUT2D eigenvalue weighted by Gasteiger charge is -2.48. The summed E-state index contributed by atoms with van der Waals surface area (Å²) in [6.45, 7) is 3.08. The molecule has 2 aliphatic rings. The molecule has 0 unspecified atom stereocenters. The Kier molecular flexibility index (Phi) is 4.83. The summed E-state index contributed by atoms with van der Waals surface area (Å²) in [5.74, 6) is 0. The standard InChI is InChI=1S/C14H27NO2/c1-2-17-13-9-14(10-13,11-16)15-12-7-5-3-4-6-8-12/h12-13,15-16H,2-11H2,1H3. The first-order chi connectivity index (χ1) is 8.28. The highest BCUT2D eigenvalue weighted by molar-refractivity contribution is 5.03. The Hall–Kier alpha value is -0.120. The van der Waals surface area contributed by atoms with Gasteiger partial charge in [-0.3, -0.25) is 0 Å². The van der Waals surface area contributed by atoms with Gasteiger partial charge in [0.05, 0.1) is 12.7 Å². The fraction of sp³-hybridized carbons (Fsp3) is 1.00. The van der Waals surface area contributed by atoms with Gasteiger partial charge in [0.25, 0.3) is 0 Å². The molecule has 3 nitrogen and oxygen atoms in total. The van der Waals surface area contributed by atoms with Crippen molar-refractivity contribution in [2.45, 2.75) is 76.0 Å². The minimum atomic E-state index is -0.0329. The van der Waals surface area contributed by atoms with Crippen molar-refractivity contribution in [3.05, 3.63) is 0 Å². The lowest BCUT2D eigenvalue weighted by Crippen LogP contribution is -2.63. The molecular weight excluding hydrogens is 214 g/mol. The maximum Gasteiger partial charge on any atom is 0.0615 e. The summed E-state index contributed by atoms with van der Waals surface area (Å²) in [6, 6.07) is 0.618. The number of aliphatic hydroxyl groups excluding tert-OH is 1. The van der Waals surface area contributed by atoms with Gasteiger partial charge in [-0.25, -0.2) is 0 Å². The van der Waals surface area contributed by atoms with E-state index in [-0.39, 0.29) is 12.1 Å². The maximum absolute atomic E-state index is 9.61. The molecule has 0 bridgehead atoms. The molecule has 0 amide bonds. The molecule has 0 aromatic rings. The highest BCUT2D eigenvalue weighted by Gasteiger charge is 2.45. The Morgan fingerprint density at radius 3 is 2.35 bits per heavy atom. The van der Waals surface area contributed by atoms with E-state index >= 15 is 0 Å². The van der Waals surface area contributed by atoms with Gasteiger partial charge in [-0.2, -0.15) is 0 Å². The molecule has 0 heterocycles. The van der Waals surface area contributed by atoms with Crippen molar-refractivity contribution >= 4 is 0 Å². The Labute approximate surface area is 105 Å². The van der Waals surface area contributed by atoms with E-state index in [1.165, 1.54) is 38.5 Å². The molecule has 0 saturated heterocycles. The molecule has 0 aromatic carbocycles. The second-order valence-corrected chi connectivity index (χ2v) is 5.76. The van der Waals surface area contributed by atoms with E-state index in [0.717, 1.165) is 19.4 Å². The van der Waals surface area contributed by atoms with E-state index in [9.17, 15) is 5.11 Å². The third-order valence-corrected chi connectivity index (χ3v) is 4.31. The predicted molar refractivity (Wildman–Crippen MR) is 69.1 cm³/mol. The predicted octanol–water partition coefficient (Wildman–Crippen LogP) is 2.23. The van der Waals surface area contributed by atoms with Gasteiger partial charge in [0.15, 0.2) is 0 Å². The fourth-order valence-corrected chi connectivity index (χ4v) is 3.31. The van der Waals surface area contributed by atoms with E-state index in [1.807, 2.05) is 6.92 Å². The summed E-state index contributed by atoms with van der Waals surface area (Å²) >= 11 is 0. The normalized spacial score (nSPS) is 35.3. The molecule has 0 atom stereocenters. The zero-order valence-electron chi connectivity index (χ0n) is 11.1. The largest absolute Gasteiger partial charge is 0.394 e. The number of hydrogen-bond acceptors (Lipinski definition) is 3. The minimum Gasteiger partial charge on any atom is -0.394 e. The van der Waals surface area contributed by atoms with Crippen molar-refractivity contribution in [1.29, 1.82) is 0 Å². The average Bonchev–Trinajstić information content (AvgIpc) is 2.54. The van der Waals surface area contributed by atoms with Gasteiger partial charge in [0.1, 0.15) is 0 Å². The minimum absolute atomic E-state index is 0.0329. The first-order valence-electron chi connectivity index (χ1n) is 7.28. The summed E-state index contributed by atoms with van der Waals surface area (Å²) in [4.78, 5) is 0. The maximum atomic E-state index is 9.61. The molecule has 2 rings (SSSR count). The number of aliphatic hydroxyl groups is 1. The summed E-state index contributed by atoms with van der Waals surface area (Å²) in [5, 5.41) is 13.3. The van der Waals surface area contributed by atoms with Crippen molar-refractivity contribution in [2.24, 2.45) is 0 Å². The summed E-state index contributed by atoms with van der Waals surface area (Å²) in [6.07, 6.45) is 10.3. The van der Waals surface area contributed by atoms with Crippen LogP contribution in [0.3, 0.4) is 0 Å². The monoisotopic (exact) mass is 241 g/mol.